The quantitative estimate of drug-likeness (QED) is 0.187. The van der Waals surface area contributed by atoms with Crippen LogP contribution in [0, 0.1) is 17.8 Å². The molecular weight excluding hydrogens is 646 g/mol. The van der Waals surface area contributed by atoms with E-state index in [-0.39, 0.29) is 43.9 Å². The van der Waals surface area contributed by atoms with E-state index in [9.17, 15) is 24.3 Å². The number of hydrogen-bond acceptors (Lipinski definition) is 7. The molecule has 0 unspecified atom stereocenters. The van der Waals surface area contributed by atoms with Gasteiger partial charge in [0.2, 0.25) is 11.8 Å². The number of likely N-dealkylation sites (tertiary alicyclic amines) is 1. The monoisotopic (exact) mass is 691 g/mol. The van der Waals surface area contributed by atoms with Crippen molar-refractivity contribution >= 4 is 41.0 Å². The van der Waals surface area contributed by atoms with E-state index in [0.717, 1.165) is 5.56 Å². The molecule has 3 heterocycles. The molecular formula is C38H46ClN3O7. The van der Waals surface area contributed by atoms with Gasteiger partial charge in [0.1, 0.15) is 18.2 Å². The Morgan fingerprint density at radius 1 is 1.14 bits per heavy atom. The highest BCUT2D eigenvalue weighted by Gasteiger charge is 2.75. The Morgan fingerprint density at radius 2 is 1.86 bits per heavy atom. The minimum atomic E-state index is -1.28. The lowest BCUT2D eigenvalue weighted by molar-refractivity contribution is -0.146. The molecule has 262 valence electrons. The van der Waals surface area contributed by atoms with Crippen molar-refractivity contribution in [1.29, 1.82) is 0 Å². The molecule has 2 aromatic rings. The number of carbonyl (C=O) groups is 4. The van der Waals surface area contributed by atoms with Gasteiger partial charge in [-0.05, 0) is 61.4 Å². The van der Waals surface area contributed by atoms with Crippen molar-refractivity contribution in [2.24, 2.45) is 17.8 Å². The topological polar surface area (TPSA) is 125 Å². The highest BCUT2D eigenvalue weighted by Crippen LogP contribution is 2.59. The molecule has 7 atom stereocenters. The molecule has 10 nitrogen and oxygen atoms in total. The molecule has 1 spiro atoms. The first-order valence-electron chi connectivity index (χ1n) is 17.0. The Morgan fingerprint density at radius 3 is 2.49 bits per heavy atom. The van der Waals surface area contributed by atoms with Crippen LogP contribution in [-0.2, 0) is 28.7 Å². The van der Waals surface area contributed by atoms with Gasteiger partial charge in [-0.1, -0.05) is 67.9 Å². The number of aliphatic hydroxyl groups is 1. The summed E-state index contributed by atoms with van der Waals surface area (Å²) < 4.78 is 12.2. The van der Waals surface area contributed by atoms with E-state index < -0.39 is 53.5 Å². The number of nitrogens with one attached hydrogen (secondary N) is 1. The maximum Gasteiger partial charge on any atom is 0.306 e. The minimum absolute atomic E-state index is 0.0977. The summed E-state index contributed by atoms with van der Waals surface area (Å²) in [5.41, 5.74) is 0.0243. The van der Waals surface area contributed by atoms with E-state index in [4.69, 9.17) is 21.1 Å². The van der Waals surface area contributed by atoms with Gasteiger partial charge in [-0.3, -0.25) is 19.2 Å². The predicted molar refractivity (Wildman–Crippen MR) is 186 cm³/mol. The number of hydrogen-bond donors (Lipinski definition) is 2. The van der Waals surface area contributed by atoms with E-state index in [1.807, 2.05) is 44.2 Å². The van der Waals surface area contributed by atoms with Crippen LogP contribution in [-0.4, -0.2) is 77.2 Å². The fourth-order valence-corrected chi connectivity index (χ4v) is 7.87. The number of allylic oxidation sites excluding steroid dienone is 1. The summed E-state index contributed by atoms with van der Waals surface area (Å²) in [4.78, 5) is 59.2. The lowest BCUT2D eigenvalue weighted by Crippen LogP contribution is -2.59. The van der Waals surface area contributed by atoms with Crippen molar-refractivity contribution in [3.05, 3.63) is 90.5 Å². The molecule has 0 saturated carbocycles. The minimum Gasteiger partial charge on any atom is -0.463 e. The molecule has 2 bridgehead atoms. The number of benzene rings is 2. The van der Waals surface area contributed by atoms with E-state index in [1.165, 1.54) is 4.90 Å². The Hall–Kier alpha value is -3.99. The number of carbonyl (C=O) groups excluding carboxylic acids is 4. The van der Waals surface area contributed by atoms with Crippen LogP contribution < -0.4 is 10.2 Å². The molecule has 2 N–H and O–H groups in total. The number of anilines is 1. The second-order valence-electron chi connectivity index (χ2n) is 13.5. The Balaban J connectivity index is 1.50. The average molecular weight is 692 g/mol. The van der Waals surface area contributed by atoms with Gasteiger partial charge in [-0.25, -0.2) is 0 Å². The van der Waals surface area contributed by atoms with Crippen molar-refractivity contribution in [2.75, 3.05) is 24.7 Å². The third-order valence-corrected chi connectivity index (χ3v) is 10.1. The van der Waals surface area contributed by atoms with Gasteiger partial charge in [0.25, 0.3) is 5.91 Å². The van der Waals surface area contributed by atoms with E-state index in [2.05, 4.69) is 18.5 Å². The Kier molecular flexibility index (Phi) is 11.6. The molecule has 3 aliphatic rings. The summed E-state index contributed by atoms with van der Waals surface area (Å²) in [7, 11) is 0. The zero-order chi connectivity index (χ0) is 35.3. The summed E-state index contributed by atoms with van der Waals surface area (Å²) >= 11 is 6.16. The first kappa shape index (κ1) is 36.3. The first-order valence-corrected chi connectivity index (χ1v) is 17.3. The van der Waals surface area contributed by atoms with Crippen LogP contribution in [0.2, 0.25) is 5.02 Å². The number of aliphatic hydroxyl groups excluding tert-OH is 1. The van der Waals surface area contributed by atoms with Crippen molar-refractivity contribution in [2.45, 2.75) is 75.8 Å². The summed E-state index contributed by atoms with van der Waals surface area (Å²) in [5, 5.41) is 14.2. The zero-order valence-corrected chi connectivity index (χ0v) is 28.9. The maximum atomic E-state index is 14.8. The SMILES string of the molecule is C=CCCC(=O)OC[C@@H](NC(=O)[C@@H]1[C@@H]2CC[C@]3(O2)[C@H](C(=O)N(CC=C)c2ccc(Cl)cc2)N([C@@H](CO)CC(C)C)C(=O)[C@@H]13)c1ccccc1. The molecule has 0 aromatic heterocycles. The molecule has 3 aliphatic heterocycles. The van der Waals surface area contributed by atoms with Gasteiger partial charge in [-0.2, -0.15) is 0 Å². The highest BCUT2D eigenvalue weighted by molar-refractivity contribution is 6.30. The maximum absolute atomic E-state index is 14.8. The molecule has 0 radical (unpaired) electrons. The zero-order valence-electron chi connectivity index (χ0n) is 28.1. The van der Waals surface area contributed by atoms with Crippen LogP contribution in [0.15, 0.2) is 79.9 Å². The molecule has 11 heteroatoms. The van der Waals surface area contributed by atoms with Crippen molar-refractivity contribution in [3.8, 4) is 0 Å². The second kappa shape index (κ2) is 15.7. The predicted octanol–water partition coefficient (Wildman–Crippen LogP) is 5.01. The van der Waals surface area contributed by atoms with Crippen LogP contribution in [0.4, 0.5) is 5.69 Å². The first-order chi connectivity index (χ1) is 23.6. The Labute approximate surface area is 293 Å². The van der Waals surface area contributed by atoms with Crippen molar-refractivity contribution in [1.82, 2.24) is 10.2 Å². The van der Waals surface area contributed by atoms with Gasteiger partial charge in [0.05, 0.1) is 36.6 Å². The van der Waals surface area contributed by atoms with Crippen molar-refractivity contribution in [3.63, 3.8) is 0 Å². The molecule has 3 saturated heterocycles. The van der Waals surface area contributed by atoms with Crippen LogP contribution in [0.5, 0.6) is 0 Å². The lowest BCUT2D eigenvalue weighted by atomic mass is 9.70. The fraction of sp³-hybridized carbons (Fsp3) is 0.474. The molecule has 2 aromatic carbocycles. The smallest absolute Gasteiger partial charge is 0.306 e. The molecule has 3 fully saturated rings. The number of fused-ring (bicyclic) bond motifs is 1. The largest absolute Gasteiger partial charge is 0.463 e. The molecule has 0 aliphatic carbocycles. The number of halogens is 1. The fourth-order valence-electron chi connectivity index (χ4n) is 7.75. The highest BCUT2D eigenvalue weighted by atomic mass is 35.5. The Bertz CT molecular complexity index is 1530. The summed E-state index contributed by atoms with van der Waals surface area (Å²) in [5.74, 6) is -3.34. The van der Waals surface area contributed by atoms with Crippen molar-refractivity contribution < 1.29 is 33.8 Å². The van der Waals surface area contributed by atoms with E-state index in [1.54, 1.807) is 41.3 Å². The van der Waals surface area contributed by atoms with E-state index in [0.29, 0.717) is 36.4 Å². The summed E-state index contributed by atoms with van der Waals surface area (Å²) in [6.45, 7) is 11.2. The van der Waals surface area contributed by atoms with Gasteiger partial charge in [0.15, 0.2) is 0 Å². The third-order valence-electron chi connectivity index (χ3n) is 9.82. The number of amides is 3. The van der Waals surface area contributed by atoms with Gasteiger partial charge in [0, 0.05) is 23.7 Å². The molecule has 5 rings (SSSR count). The van der Waals surface area contributed by atoms with E-state index >= 15 is 0 Å². The van der Waals surface area contributed by atoms with Crippen LogP contribution in [0.25, 0.3) is 0 Å². The average Bonchev–Trinajstić information content (AvgIpc) is 3.74. The van der Waals surface area contributed by atoms with Crippen LogP contribution >= 0.6 is 11.6 Å². The molecule has 49 heavy (non-hydrogen) atoms. The summed E-state index contributed by atoms with van der Waals surface area (Å²) in [6, 6.07) is 13.6. The number of nitrogens with zero attached hydrogens (tertiary/aromatic N) is 2. The van der Waals surface area contributed by atoms with Gasteiger partial charge in [-0.15, -0.1) is 13.2 Å². The molecule has 3 amide bonds. The standard InChI is InChI=1S/C38H46ClN3O7/c1-5-7-13-31(44)48-23-29(25-11-9-8-10-12-25)40-35(45)32-30-18-19-38(49-30)33(32)36(46)42(28(22-43)21-24(3)4)34(38)37(47)41(20-6-2)27-16-14-26(39)15-17-27/h5-6,8-12,14-17,24,28-30,32-34,43H,1-2,7,13,18-23H2,3-4H3,(H,40,45)/t28-,29-,30+,32-,33-,34+,38-/m1/s1. The normalized spacial score (nSPS) is 25.1. The lowest BCUT2D eigenvalue weighted by Gasteiger charge is -2.39. The number of ether oxygens (including phenoxy) is 2. The number of rotatable bonds is 16. The van der Waals surface area contributed by atoms with Gasteiger partial charge >= 0.3 is 5.97 Å². The second-order valence-corrected chi connectivity index (χ2v) is 13.9. The third kappa shape index (κ3) is 7.32. The summed E-state index contributed by atoms with van der Waals surface area (Å²) in [6.07, 6.45) is 4.61. The number of esters is 1. The van der Waals surface area contributed by atoms with Crippen LogP contribution in [0.1, 0.15) is 57.6 Å². The van der Waals surface area contributed by atoms with Crippen LogP contribution in [0.3, 0.4) is 0 Å². The van der Waals surface area contributed by atoms with Gasteiger partial charge < -0.3 is 29.7 Å².